The van der Waals surface area contributed by atoms with Crippen LogP contribution in [0, 0.1) is 0 Å². The van der Waals surface area contributed by atoms with Crippen LogP contribution < -0.4 is 5.32 Å². The zero-order chi connectivity index (χ0) is 19.2. The van der Waals surface area contributed by atoms with Gasteiger partial charge in [-0.1, -0.05) is 37.3 Å². The number of hydrogen-bond acceptors (Lipinski definition) is 2. The molecule has 1 aromatic heterocycles. The van der Waals surface area contributed by atoms with Crippen molar-refractivity contribution >= 4 is 28.4 Å². The molecule has 0 bridgehead atoms. The first-order chi connectivity index (χ1) is 13.1. The van der Waals surface area contributed by atoms with E-state index in [4.69, 9.17) is 0 Å². The summed E-state index contributed by atoms with van der Waals surface area (Å²) < 4.78 is 0. The molecule has 0 atom stereocenters. The number of fused-ring (bicyclic) bond motifs is 1. The highest BCUT2D eigenvalue weighted by molar-refractivity contribution is 5.94. The zero-order valence-corrected chi connectivity index (χ0v) is 15.8. The third-order valence-electron chi connectivity index (χ3n) is 4.75. The molecule has 3 rings (SSSR count). The lowest BCUT2D eigenvalue weighted by Gasteiger charge is -2.20. The maximum absolute atomic E-state index is 12.3. The van der Waals surface area contributed by atoms with Gasteiger partial charge in [-0.2, -0.15) is 0 Å². The SMILES string of the molecule is CCc1ccc(NC(=O)CN(CCc2c[nH]c3ccccc23)C(C)=O)cc1. The Bertz CT molecular complexity index is 928. The van der Waals surface area contributed by atoms with Crippen LogP contribution in [0.5, 0.6) is 0 Å². The number of aromatic nitrogens is 1. The third kappa shape index (κ3) is 4.76. The van der Waals surface area contributed by atoms with Gasteiger partial charge in [0.1, 0.15) is 0 Å². The Hall–Kier alpha value is -3.08. The van der Waals surface area contributed by atoms with E-state index >= 15 is 0 Å². The molecular weight excluding hydrogens is 338 g/mol. The topological polar surface area (TPSA) is 65.2 Å². The highest BCUT2D eigenvalue weighted by atomic mass is 16.2. The number of aryl methyl sites for hydroxylation is 1. The van der Waals surface area contributed by atoms with E-state index < -0.39 is 0 Å². The average Bonchev–Trinajstić information content (AvgIpc) is 3.08. The lowest BCUT2D eigenvalue weighted by Crippen LogP contribution is -2.37. The van der Waals surface area contributed by atoms with Crippen molar-refractivity contribution in [2.45, 2.75) is 26.7 Å². The maximum Gasteiger partial charge on any atom is 0.243 e. The smallest absolute Gasteiger partial charge is 0.243 e. The van der Waals surface area contributed by atoms with Crippen molar-refractivity contribution in [1.29, 1.82) is 0 Å². The van der Waals surface area contributed by atoms with Crippen molar-refractivity contribution in [1.82, 2.24) is 9.88 Å². The Kier molecular flexibility index (Phi) is 5.91. The first kappa shape index (κ1) is 18.7. The number of rotatable bonds is 7. The van der Waals surface area contributed by atoms with Crippen molar-refractivity contribution in [3.05, 3.63) is 65.9 Å². The number of nitrogens with zero attached hydrogens (tertiary/aromatic N) is 1. The monoisotopic (exact) mass is 363 g/mol. The molecule has 0 aliphatic rings. The number of para-hydroxylation sites is 1. The molecule has 3 aromatic rings. The van der Waals surface area contributed by atoms with Crippen LogP contribution in [0.1, 0.15) is 25.0 Å². The molecule has 2 amide bonds. The molecule has 0 aliphatic heterocycles. The number of hydrogen-bond donors (Lipinski definition) is 2. The van der Waals surface area contributed by atoms with E-state index in [1.807, 2.05) is 48.7 Å². The number of benzene rings is 2. The van der Waals surface area contributed by atoms with Crippen molar-refractivity contribution in [3.8, 4) is 0 Å². The van der Waals surface area contributed by atoms with Gasteiger partial charge in [0.05, 0.1) is 6.54 Å². The van der Waals surface area contributed by atoms with Gasteiger partial charge in [-0.25, -0.2) is 0 Å². The molecule has 1 heterocycles. The summed E-state index contributed by atoms with van der Waals surface area (Å²) in [6.45, 7) is 4.14. The molecule has 0 aliphatic carbocycles. The molecule has 2 N–H and O–H groups in total. The molecule has 27 heavy (non-hydrogen) atoms. The van der Waals surface area contributed by atoms with Crippen LogP contribution in [0.15, 0.2) is 54.7 Å². The van der Waals surface area contributed by atoms with Gasteiger partial charge in [0, 0.05) is 36.3 Å². The summed E-state index contributed by atoms with van der Waals surface area (Å²) in [6.07, 6.45) is 3.63. The van der Waals surface area contributed by atoms with E-state index in [1.54, 1.807) is 4.90 Å². The molecule has 0 fully saturated rings. The maximum atomic E-state index is 12.3. The minimum Gasteiger partial charge on any atom is -0.361 e. The van der Waals surface area contributed by atoms with Crippen LogP contribution in [-0.4, -0.2) is 34.8 Å². The predicted octanol–water partition coefficient (Wildman–Crippen LogP) is 3.76. The second-order valence-corrected chi connectivity index (χ2v) is 6.65. The minimum absolute atomic E-state index is 0.0488. The van der Waals surface area contributed by atoms with Gasteiger partial charge in [0.15, 0.2) is 0 Å². The highest BCUT2D eigenvalue weighted by Crippen LogP contribution is 2.18. The summed E-state index contributed by atoms with van der Waals surface area (Å²) >= 11 is 0. The molecule has 2 aromatic carbocycles. The quantitative estimate of drug-likeness (QED) is 0.671. The summed E-state index contributed by atoms with van der Waals surface area (Å²) in [6, 6.07) is 15.8. The molecule has 5 nitrogen and oxygen atoms in total. The number of H-pyrrole nitrogens is 1. The summed E-state index contributed by atoms with van der Waals surface area (Å²) in [5.41, 5.74) is 4.19. The fourth-order valence-corrected chi connectivity index (χ4v) is 3.14. The van der Waals surface area contributed by atoms with Gasteiger partial charge in [0.25, 0.3) is 0 Å². The first-order valence-corrected chi connectivity index (χ1v) is 9.26. The van der Waals surface area contributed by atoms with Gasteiger partial charge < -0.3 is 15.2 Å². The Morgan fingerprint density at radius 3 is 2.52 bits per heavy atom. The van der Waals surface area contributed by atoms with E-state index in [9.17, 15) is 9.59 Å². The molecule has 0 spiro atoms. The standard InChI is InChI=1S/C22H25N3O2/c1-3-17-8-10-19(11-9-17)24-22(27)15-25(16(2)26)13-12-18-14-23-21-7-5-4-6-20(18)21/h4-11,14,23H,3,12-13,15H2,1-2H3,(H,24,27). The summed E-state index contributed by atoms with van der Waals surface area (Å²) in [4.78, 5) is 29.1. The van der Waals surface area contributed by atoms with Crippen molar-refractivity contribution < 1.29 is 9.59 Å². The fraction of sp³-hybridized carbons (Fsp3) is 0.273. The zero-order valence-electron chi connectivity index (χ0n) is 15.8. The molecule has 0 unspecified atom stereocenters. The fourth-order valence-electron chi connectivity index (χ4n) is 3.14. The largest absolute Gasteiger partial charge is 0.361 e. The van der Waals surface area contributed by atoms with Crippen molar-refractivity contribution in [2.24, 2.45) is 0 Å². The second kappa shape index (κ2) is 8.54. The lowest BCUT2D eigenvalue weighted by atomic mass is 10.1. The Labute approximate surface area is 159 Å². The highest BCUT2D eigenvalue weighted by Gasteiger charge is 2.15. The molecule has 5 heteroatoms. The molecule has 140 valence electrons. The summed E-state index contributed by atoms with van der Waals surface area (Å²) in [5, 5.41) is 4.02. The van der Waals surface area contributed by atoms with Gasteiger partial charge in [-0.15, -0.1) is 0 Å². The third-order valence-corrected chi connectivity index (χ3v) is 4.75. The number of nitrogens with one attached hydrogen (secondary N) is 2. The Morgan fingerprint density at radius 2 is 1.81 bits per heavy atom. The summed E-state index contributed by atoms with van der Waals surface area (Å²) in [5.74, 6) is -0.292. The van der Waals surface area contributed by atoms with E-state index in [-0.39, 0.29) is 18.4 Å². The van der Waals surface area contributed by atoms with Crippen LogP contribution in [0.25, 0.3) is 10.9 Å². The van der Waals surface area contributed by atoms with Crippen LogP contribution in [0.4, 0.5) is 5.69 Å². The molecule has 0 saturated heterocycles. The Balaban J connectivity index is 1.59. The van der Waals surface area contributed by atoms with Crippen molar-refractivity contribution in [2.75, 3.05) is 18.4 Å². The van der Waals surface area contributed by atoms with Crippen molar-refractivity contribution in [3.63, 3.8) is 0 Å². The number of aromatic amines is 1. The minimum atomic E-state index is -0.187. The van der Waals surface area contributed by atoms with E-state index in [0.29, 0.717) is 13.0 Å². The van der Waals surface area contributed by atoms with Crippen LogP contribution in [0.2, 0.25) is 0 Å². The van der Waals surface area contributed by atoms with Gasteiger partial charge in [-0.3, -0.25) is 9.59 Å². The Morgan fingerprint density at radius 1 is 1.07 bits per heavy atom. The van der Waals surface area contributed by atoms with E-state index in [2.05, 4.69) is 23.3 Å². The molecular formula is C22H25N3O2. The number of amides is 2. The average molecular weight is 363 g/mol. The van der Waals surface area contributed by atoms with Gasteiger partial charge >= 0.3 is 0 Å². The molecule has 0 saturated carbocycles. The first-order valence-electron chi connectivity index (χ1n) is 9.26. The second-order valence-electron chi connectivity index (χ2n) is 6.65. The van der Waals surface area contributed by atoms with Crippen LogP contribution >= 0.6 is 0 Å². The van der Waals surface area contributed by atoms with Gasteiger partial charge in [0.2, 0.25) is 11.8 Å². The van der Waals surface area contributed by atoms with Crippen LogP contribution in [0.3, 0.4) is 0 Å². The summed E-state index contributed by atoms with van der Waals surface area (Å²) in [7, 11) is 0. The number of anilines is 1. The number of carbonyl (C=O) groups is 2. The predicted molar refractivity (Wildman–Crippen MR) is 109 cm³/mol. The molecule has 0 radical (unpaired) electrons. The number of carbonyl (C=O) groups excluding carboxylic acids is 2. The normalized spacial score (nSPS) is 10.7. The van der Waals surface area contributed by atoms with Gasteiger partial charge in [-0.05, 0) is 42.2 Å². The lowest BCUT2D eigenvalue weighted by molar-refractivity contribution is -0.132. The van der Waals surface area contributed by atoms with E-state index in [1.165, 1.54) is 12.5 Å². The van der Waals surface area contributed by atoms with E-state index in [0.717, 1.165) is 28.6 Å². The van der Waals surface area contributed by atoms with Crippen LogP contribution in [-0.2, 0) is 22.4 Å².